The van der Waals surface area contributed by atoms with Crippen molar-refractivity contribution in [1.29, 1.82) is 0 Å². The maximum atomic E-state index is 12.3. The summed E-state index contributed by atoms with van der Waals surface area (Å²) in [5, 5.41) is 3.03. The minimum absolute atomic E-state index is 0.108. The molecule has 0 heterocycles. The van der Waals surface area contributed by atoms with Crippen molar-refractivity contribution in [2.45, 2.75) is 51.0 Å². The summed E-state index contributed by atoms with van der Waals surface area (Å²) < 4.78 is 9.85. The van der Waals surface area contributed by atoms with Gasteiger partial charge in [-0.3, -0.25) is 4.79 Å². The fraction of sp³-hybridized carbons (Fsp3) is 0.867. The van der Waals surface area contributed by atoms with E-state index in [-0.39, 0.29) is 16.9 Å². The molecular formula is C15H23NO4. The highest BCUT2D eigenvalue weighted by Gasteiger charge is 2.65. The van der Waals surface area contributed by atoms with Crippen molar-refractivity contribution in [2.75, 3.05) is 14.2 Å². The van der Waals surface area contributed by atoms with Crippen LogP contribution in [0.15, 0.2) is 0 Å². The van der Waals surface area contributed by atoms with Gasteiger partial charge in [0.15, 0.2) is 0 Å². The Morgan fingerprint density at radius 1 is 1.05 bits per heavy atom. The molecule has 4 saturated carbocycles. The quantitative estimate of drug-likeness (QED) is 0.788. The van der Waals surface area contributed by atoms with Crippen LogP contribution in [0.5, 0.6) is 0 Å². The predicted molar refractivity (Wildman–Crippen MR) is 72.0 cm³/mol. The lowest BCUT2D eigenvalue weighted by Crippen LogP contribution is -2.67. The van der Waals surface area contributed by atoms with Gasteiger partial charge in [0.25, 0.3) is 0 Å². The molecule has 4 rings (SSSR count). The third-order valence-electron chi connectivity index (χ3n) is 5.52. The molecule has 5 heteroatoms. The summed E-state index contributed by atoms with van der Waals surface area (Å²) in [6.45, 7) is 2.24. The topological polar surface area (TPSA) is 64.6 Å². The van der Waals surface area contributed by atoms with E-state index in [4.69, 9.17) is 9.47 Å². The highest BCUT2D eigenvalue weighted by molar-refractivity contribution is 5.78. The van der Waals surface area contributed by atoms with Gasteiger partial charge in [0.1, 0.15) is 0 Å². The van der Waals surface area contributed by atoms with Crippen molar-refractivity contribution in [3.8, 4) is 0 Å². The molecule has 4 fully saturated rings. The zero-order valence-electron chi connectivity index (χ0n) is 12.5. The van der Waals surface area contributed by atoms with Crippen molar-refractivity contribution in [3.05, 3.63) is 0 Å². The van der Waals surface area contributed by atoms with Gasteiger partial charge in [0, 0.05) is 5.54 Å². The molecule has 4 aliphatic carbocycles. The van der Waals surface area contributed by atoms with E-state index in [9.17, 15) is 9.59 Å². The molecule has 1 N–H and O–H groups in total. The minimum atomic E-state index is -0.413. The number of hydrogen-bond donors (Lipinski definition) is 1. The predicted octanol–water partition coefficient (Wildman–Crippen LogP) is 2.24. The summed E-state index contributed by atoms with van der Waals surface area (Å²) in [6, 6.07) is 0. The van der Waals surface area contributed by atoms with Crippen LogP contribution < -0.4 is 5.32 Å². The number of hydrogen-bond acceptors (Lipinski definition) is 4. The molecule has 0 aromatic carbocycles. The van der Waals surface area contributed by atoms with Gasteiger partial charge in [-0.15, -0.1) is 0 Å². The Bertz CT molecular complexity index is 465. The normalized spacial score (nSPS) is 45.0. The number of ether oxygens (including phenoxy) is 2. The summed E-state index contributed by atoms with van der Waals surface area (Å²) in [6.07, 6.45) is 5.12. The molecule has 5 nitrogen and oxygen atoms in total. The van der Waals surface area contributed by atoms with Crippen LogP contribution in [-0.4, -0.2) is 31.8 Å². The van der Waals surface area contributed by atoms with Crippen molar-refractivity contribution in [2.24, 2.45) is 16.7 Å². The molecule has 0 aromatic heterocycles. The smallest absolute Gasteiger partial charge is 0.407 e. The Kier molecular flexibility index (Phi) is 2.82. The summed E-state index contributed by atoms with van der Waals surface area (Å²) in [4.78, 5) is 24.0. The molecule has 0 saturated heterocycles. The molecule has 20 heavy (non-hydrogen) atoms. The number of esters is 1. The Morgan fingerprint density at radius 3 is 2.40 bits per heavy atom. The average Bonchev–Trinajstić information content (AvgIpc) is 2.34. The molecular weight excluding hydrogens is 258 g/mol. The second kappa shape index (κ2) is 4.12. The Morgan fingerprint density at radius 2 is 1.80 bits per heavy atom. The second-order valence-corrected chi connectivity index (χ2v) is 7.49. The first-order valence-electron chi connectivity index (χ1n) is 7.29. The first kappa shape index (κ1) is 13.7. The monoisotopic (exact) mass is 281 g/mol. The van der Waals surface area contributed by atoms with E-state index in [1.807, 2.05) is 0 Å². The largest absolute Gasteiger partial charge is 0.469 e. The first-order chi connectivity index (χ1) is 9.34. The third kappa shape index (κ3) is 1.90. The lowest BCUT2D eigenvalue weighted by Gasteiger charge is -2.64. The number of alkyl carbamates (subject to hydrolysis) is 1. The molecule has 1 amide bonds. The van der Waals surface area contributed by atoms with Crippen LogP contribution in [0.3, 0.4) is 0 Å². The molecule has 0 aromatic rings. The second-order valence-electron chi connectivity index (χ2n) is 7.49. The first-order valence-corrected chi connectivity index (χ1v) is 7.29. The van der Waals surface area contributed by atoms with Gasteiger partial charge in [-0.05, 0) is 49.9 Å². The van der Waals surface area contributed by atoms with Crippen molar-refractivity contribution < 1.29 is 19.1 Å². The van der Waals surface area contributed by atoms with Crippen LogP contribution in [0.1, 0.15) is 45.4 Å². The van der Waals surface area contributed by atoms with E-state index in [1.165, 1.54) is 14.2 Å². The number of rotatable bonds is 2. The van der Waals surface area contributed by atoms with Crippen molar-refractivity contribution in [3.63, 3.8) is 0 Å². The fourth-order valence-electron chi connectivity index (χ4n) is 5.77. The SMILES string of the molecule is COC(=O)NC12CC3CC(C)(C1)CC(C(=O)OC)(C3)C2. The van der Waals surface area contributed by atoms with E-state index in [0.29, 0.717) is 12.3 Å². The Balaban J connectivity index is 1.95. The molecule has 0 radical (unpaired) electrons. The zero-order valence-corrected chi connectivity index (χ0v) is 12.5. The summed E-state index contributed by atoms with van der Waals surface area (Å²) in [7, 11) is 2.84. The van der Waals surface area contributed by atoms with Crippen molar-refractivity contribution >= 4 is 12.1 Å². The molecule has 4 aliphatic rings. The molecule has 4 atom stereocenters. The Hall–Kier alpha value is -1.26. The number of carbonyl (C=O) groups excluding carboxylic acids is 2. The van der Waals surface area contributed by atoms with Gasteiger partial charge in [-0.2, -0.15) is 0 Å². The van der Waals surface area contributed by atoms with Gasteiger partial charge in [0.05, 0.1) is 19.6 Å². The van der Waals surface area contributed by atoms with Crippen LogP contribution in [0.4, 0.5) is 4.79 Å². The van der Waals surface area contributed by atoms with Crippen LogP contribution in [0.2, 0.25) is 0 Å². The highest BCUT2D eigenvalue weighted by atomic mass is 16.5. The lowest BCUT2D eigenvalue weighted by molar-refractivity contribution is -0.181. The maximum absolute atomic E-state index is 12.3. The van der Waals surface area contributed by atoms with E-state index < -0.39 is 11.5 Å². The highest BCUT2D eigenvalue weighted by Crippen LogP contribution is 2.66. The lowest BCUT2D eigenvalue weighted by atomic mass is 9.42. The summed E-state index contributed by atoms with van der Waals surface area (Å²) in [5.41, 5.74) is -0.589. The molecule has 0 spiro atoms. The maximum Gasteiger partial charge on any atom is 0.407 e. The summed E-state index contributed by atoms with van der Waals surface area (Å²) >= 11 is 0. The summed E-state index contributed by atoms with van der Waals surface area (Å²) in [5.74, 6) is 0.386. The van der Waals surface area contributed by atoms with Gasteiger partial charge in [-0.1, -0.05) is 6.92 Å². The van der Waals surface area contributed by atoms with Crippen LogP contribution in [0.25, 0.3) is 0 Å². The number of nitrogens with one attached hydrogen (secondary N) is 1. The van der Waals surface area contributed by atoms with Crippen molar-refractivity contribution in [1.82, 2.24) is 5.32 Å². The minimum Gasteiger partial charge on any atom is -0.469 e. The van der Waals surface area contributed by atoms with Crippen LogP contribution in [-0.2, 0) is 14.3 Å². The van der Waals surface area contributed by atoms with Gasteiger partial charge in [-0.25, -0.2) is 4.79 Å². The van der Waals surface area contributed by atoms with E-state index in [1.54, 1.807) is 0 Å². The van der Waals surface area contributed by atoms with Gasteiger partial charge in [0.2, 0.25) is 0 Å². The molecule has 4 bridgehead atoms. The standard InChI is InChI=1S/C15H23NO4/c1-13-4-10-5-14(7-13,11(17)19-2)9-15(6-10,8-13)16-12(18)20-3/h10H,4-9H2,1-3H3,(H,16,18). The van der Waals surface area contributed by atoms with Crippen LogP contribution in [0, 0.1) is 16.7 Å². The van der Waals surface area contributed by atoms with Gasteiger partial charge < -0.3 is 14.8 Å². The van der Waals surface area contributed by atoms with Gasteiger partial charge >= 0.3 is 12.1 Å². The van der Waals surface area contributed by atoms with E-state index in [2.05, 4.69) is 12.2 Å². The van der Waals surface area contributed by atoms with Crippen LogP contribution >= 0.6 is 0 Å². The number of carbonyl (C=O) groups is 2. The van der Waals surface area contributed by atoms with E-state index in [0.717, 1.165) is 32.1 Å². The molecule has 0 aliphatic heterocycles. The number of amides is 1. The fourth-order valence-corrected chi connectivity index (χ4v) is 5.77. The molecule has 112 valence electrons. The van der Waals surface area contributed by atoms with E-state index >= 15 is 0 Å². The molecule has 4 unspecified atom stereocenters. The number of methoxy groups -OCH3 is 2. The third-order valence-corrected chi connectivity index (χ3v) is 5.52. The average molecular weight is 281 g/mol. The Labute approximate surface area is 119 Å². The zero-order chi connectivity index (χ0) is 14.6.